The van der Waals surface area contributed by atoms with Gasteiger partial charge >= 0.3 is 12.2 Å². The summed E-state index contributed by atoms with van der Waals surface area (Å²) in [5.74, 6) is -2.01. The van der Waals surface area contributed by atoms with Crippen molar-refractivity contribution in [3.05, 3.63) is 34.9 Å². The second-order valence-electron chi connectivity index (χ2n) is 10.9. The maximum Gasteiger partial charge on any atom is 0.419 e. The van der Waals surface area contributed by atoms with E-state index < -0.39 is 47.5 Å². The molecule has 0 bridgehead atoms. The molecule has 2 N–H and O–H groups in total. The van der Waals surface area contributed by atoms with Gasteiger partial charge in [-0.3, -0.25) is 29.4 Å². The van der Waals surface area contributed by atoms with Crippen LogP contribution in [-0.2, 0) is 20.7 Å². The molecule has 11 heteroatoms. The predicted molar refractivity (Wildman–Crippen MR) is 140 cm³/mol. The molecule has 0 saturated carbocycles. The number of hydrogen-bond acceptors (Lipinski definition) is 7. The van der Waals surface area contributed by atoms with E-state index >= 15 is 0 Å². The number of nitrogens with zero attached hydrogens (tertiary/aromatic N) is 2. The number of carbonyl (C=O) groups excluding carboxylic acids is 5. The number of amides is 6. The van der Waals surface area contributed by atoms with Crippen molar-refractivity contribution < 1.29 is 38.6 Å². The fourth-order valence-corrected chi connectivity index (χ4v) is 4.84. The zero-order valence-electron chi connectivity index (χ0n) is 22.8. The van der Waals surface area contributed by atoms with Crippen LogP contribution in [-0.4, -0.2) is 68.9 Å². The van der Waals surface area contributed by atoms with Crippen molar-refractivity contribution in [2.45, 2.75) is 96.6 Å². The van der Waals surface area contributed by atoms with Gasteiger partial charge in [0.05, 0.1) is 11.1 Å². The summed E-state index contributed by atoms with van der Waals surface area (Å²) < 4.78 is 5.14. The van der Waals surface area contributed by atoms with Gasteiger partial charge in [0.2, 0.25) is 11.8 Å². The quantitative estimate of drug-likeness (QED) is 0.310. The molecule has 1 atom stereocenters. The summed E-state index contributed by atoms with van der Waals surface area (Å²) >= 11 is 0. The largest absolute Gasteiger partial charge is 0.465 e. The molecule has 39 heavy (non-hydrogen) atoms. The lowest BCUT2D eigenvalue weighted by Crippen LogP contribution is -2.54. The zero-order chi connectivity index (χ0) is 28.7. The molecule has 11 nitrogen and oxygen atoms in total. The third kappa shape index (κ3) is 7.64. The summed E-state index contributed by atoms with van der Waals surface area (Å²) in [7, 11) is 0. The van der Waals surface area contributed by atoms with Crippen LogP contribution in [0.4, 0.5) is 9.59 Å². The van der Waals surface area contributed by atoms with E-state index in [1.54, 1.807) is 32.9 Å². The number of fused-ring (bicyclic) bond motifs is 1. The maximum atomic E-state index is 13.2. The summed E-state index contributed by atoms with van der Waals surface area (Å²) in [5.41, 5.74) is 0.654. The van der Waals surface area contributed by atoms with Crippen LogP contribution in [0, 0.1) is 0 Å². The van der Waals surface area contributed by atoms with Crippen LogP contribution in [0.2, 0.25) is 0 Å². The Morgan fingerprint density at radius 2 is 1.64 bits per heavy atom. The van der Waals surface area contributed by atoms with Crippen LogP contribution >= 0.6 is 0 Å². The number of hydrogen-bond donors (Lipinski definition) is 2. The Balaban J connectivity index is 1.40. The maximum absolute atomic E-state index is 13.2. The summed E-state index contributed by atoms with van der Waals surface area (Å²) in [6.45, 7) is 5.14. The highest BCUT2D eigenvalue weighted by molar-refractivity contribution is 6.24. The minimum atomic E-state index is -1.32. The lowest BCUT2D eigenvalue weighted by molar-refractivity contribution is -0.136. The van der Waals surface area contributed by atoms with Crippen molar-refractivity contribution in [3.8, 4) is 0 Å². The van der Waals surface area contributed by atoms with Crippen molar-refractivity contribution in [2.24, 2.45) is 0 Å². The molecule has 0 spiro atoms. The Bertz CT molecular complexity index is 1140. The van der Waals surface area contributed by atoms with Gasteiger partial charge in [0, 0.05) is 13.0 Å². The third-order valence-electron chi connectivity index (χ3n) is 6.73. The highest BCUT2D eigenvalue weighted by Crippen LogP contribution is 2.30. The fraction of sp³-hybridized carbons (Fsp3) is 0.571. The van der Waals surface area contributed by atoms with Gasteiger partial charge in [-0.25, -0.2) is 14.5 Å². The van der Waals surface area contributed by atoms with Crippen molar-refractivity contribution in [1.29, 1.82) is 0 Å². The summed E-state index contributed by atoms with van der Waals surface area (Å²) in [4.78, 5) is 75.0. The van der Waals surface area contributed by atoms with Crippen LogP contribution in [0.15, 0.2) is 18.2 Å². The number of nitrogens with one attached hydrogen (secondary N) is 1. The second-order valence-corrected chi connectivity index (χ2v) is 10.9. The van der Waals surface area contributed by atoms with Crippen LogP contribution in [0.25, 0.3) is 0 Å². The van der Waals surface area contributed by atoms with Gasteiger partial charge in [-0.1, -0.05) is 44.2 Å². The molecule has 0 aliphatic carbocycles. The first-order valence-electron chi connectivity index (χ1n) is 13.5. The fourth-order valence-electron chi connectivity index (χ4n) is 4.84. The van der Waals surface area contributed by atoms with Gasteiger partial charge in [-0.15, -0.1) is 0 Å². The average Bonchev–Trinajstić information content (AvgIpc) is 3.09. The van der Waals surface area contributed by atoms with E-state index in [2.05, 4.69) is 5.32 Å². The van der Waals surface area contributed by atoms with E-state index in [-0.39, 0.29) is 19.4 Å². The number of piperidine rings is 1. The number of carbonyl (C=O) groups is 6. The molecule has 0 aromatic heterocycles. The standard InChI is InChI=1S/C28H37N3O8/c1-28(2,3)39-27(38)30(26(36)37)17-10-8-6-4-5-7-9-12-18-13-11-14-19-22(18)25(35)31(24(19)34)20-15-16-21(32)29-23(20)33/h11,13-14,20H,4-10,12,15-17H2,1-3H3,(H,36,37)(H,29,32,33). The highest BCUT2D eigenvalue weighted by atomic mass is 16.6. The highest BCUT2D eigenvalue weighted by Gasteiger charge is 2.45. The molecular formula is C28H37N3O8. The molecule has 1 aromatic carbocycles. The molecule has 1 fully saturated rings. The van der Waals surface area contributed by atoms with E-state index in [4.69, 9.17) is 4.74 Å². The lowest BCUT2D eigenvalue weighted by Gasteiger charge is -2.27. The number of aryl methyl sites for hydroxylation is 1. The van der Waals surface area contributed by atoms with Gasteiger partial charge in [-0.2, -0.15) is 0 Å². The number of carboxylic acid groups (broad SMARTS) is 1. The van der Waals surface area contributed by atoms with Gasteiger partial charge in [-0.05, 0) is 58.1 Å². The van der Waals surface area contributed by atoms with Crippen LogP contribution < -0.4 is 5.32 Å². The van der Waals surface area contributed by atoms with E-state index in [0.29, 0.717) is 28.9 Å². The molecule has 2 aliphatic rings. The number of rotatable bonds is 11. The normalized spacial score (nSPS) is 17.2. The molecule has 1 aromatic rings. The van der Waals surface area contributed by atoms with E-state index in [1.807, 2.05) is 6.07 Å². The second kappa shape index (κ2) is 12.9. The van der Waals surface area contributed by atoms with E-state index in [0.717, 1.165) is 49.0 Å². The lowest BCUT2D eigenvalue weighted by atomic mass is 9.97. The Kier molecular flexibility index (Phi) is 9.82. The van der Waals surface area contributed by atoms with Crippen LogP contribution in [0.3, 0.4) is 0 Å². The zero-order valence-corrected chi connectivity index (χ0v) is 22.8. The molecule has 2 aliphatic heterocycles. The van der Waals surface area contributed by atoms with Crippen molar-refractivity contribution in [1.82, 2.24) is 15.1 Å². The first kappa shape index (κ1) is 29.8. The van der Waals surface area contributed by atoms with Crippen LogP contribution in [0.5, 0.6) is 0 Å². The van der Waals surface area contributed by atoms with Gasteiger partial charge < -0.3 is 9.84 Å². The summed E-state index contributed by atoms with van der Waals surface area (Å²) in [6.07, 6.45) is 4.53. The molecule has 2 heterocycles. The number of unbranched alkanes of at least 4 members (excludes halogenated alkanes) is 6. The third-order valence-corrected chi connectivity index (χ3v) is 6.73. The minimum absolute atomic E-state index is 0.0816. The Morgan fingerprint density at radius 1 is 1.00 bits per heavy atom. The molecule has 0 radical (unpaired) electrons. The first-order valence-corrected chi connectivity index (χ1v) is 13.5. The first-order chi connectivity index (χ1) is 18.4. The molecule has 212 valence electrons. The summed E-state index contributed by atoms with van der Waals surface area (Å²) in [5, 5.41) is 11.5. The molecule has 1 saturated heterocycles. The Morgan fingerprint density at radius 3 is 2.26 bits per heavy atom. The number of ether oxygens (including phenoxy) is 1. The SMILES string of the molecule is CC(C)(C)OC(=O)N(CCCCCCCCCc1cccc2c1C(=O)N(C1CCC(=O)NC1=O)C2=O)C(=O)O. The van der Waals surface area contributed by atoms with Gasteiger partial charge in [0.15, 0.2) is 0 Å². The Labute approximate surface area is 227 Å². The smallest absolute Gasteiger partial charge is 0.419 e. The number of benzene rings is 1. The van der Waals surface area contributed by atoms with Crippen molar-refractivity contribution in [3.63, 3.8) is 0 Å². The topological polar surface area (TPSA) is 150 Å². The van der Waals surface area contributed by atoms with Crippen molar-refractivity contribution >= 4 is 35.8 Å². The molecule has 6 amide bonds. The van der Waals surface area contributed by atoms with Gasteiger partial charge in [0.1, 0.15) is 11.6 Å². The Hall–Kier alpha value is -3.76. The average molecular weight is 544 g/mol. The van der Waals surface area contributed by atoms with Crippen molar-refractivity contribution in [2.75, 3.05) is 6.54 Å². The predicted octanol–water partition coefficient (Wildman–Crippen LogP) is 4.28. The molecule has 3 rings (SSSR count). The minimum Gasteiger partial charge on any atom is -0.465 e. The monoisotopic (exact) mass is 543 g/mol. The van der Waals surface area contributed by atoms with E-state index in [1.165, 1.54) is 0 Å². The van der Waals surface area contributed by atoms with Crippen LogP contribution in [0.1, 0.15) is 105 Å². The number of imide groups is 3. The summed E-state index contributed by atoms with van der Waals surface area (Å²) in [6, 6.07) is 4.19. The molecular weight excluding hydrogens is 506 g/mol. The molecule has 1 unspecified atom stereocenters. The van der Waals surface area contributed by atoms with E-state index in [9.17, 15) is 33.9 Å². The van der Waals surface area contributed by atoms with Gasteiger partial charge in [0.25, 0.3) is 11.8 Å².